The van der Waals surface area contributed by atoms with E-state index in [1.165, 1.54) is 32.1 Å². The Morgan fingerprint density at radius 3 is 2.77 bits per heavy atom. The summed E-state index contributed by atoms with van der Waals surface area (Å²) >= 11 is 0. The van der Waals surface area contributed by atoms with E-state index < -0.39 is 5.60 Å². The highest BCUT2D eigenvalue weighted by molar-refractivity contribution is 5.86. The molecule has 1 atom stereocenters. The van der Waals surface area contributed by atoms with Crippen LogP contribution in [0.3, 0.4) is 0 Å². The first kappa shape index (κ1) is 17.5. The van der Waals surface area contributed by atoms with Crippen LogP contribution in [0.1, 0.15) is 51.4 Å². The van der Waals surface area contributed by atoms with Crippen LogP contribution in [0.25, 0.3) is 0 Å². The number of likely N-dealkylation sites (tertiary alicyclic amines) is 1. The Labute approximate surface area is 135 Å². The molecule has 22 heavy (non-hydrogen) atoms. The topological polar surface area (TPSA) is 43.8 Å². The number of hydrogen-bond acceptors (Lipinski definition) is 3. The maximum atomic E-state index is 12.7. The molecule has 4 heteroatoms. The molecule has 1 amide bonds. The van der Waals surface area contributed by atoms with E-state index in [2.05, 4.69) is 6.58 Å². The summed E-state index contributed by atoms with van der Waals surface area (Å²) in [4.78, 5) is 16.6. The number of likely N-dealkylation sites (N-methyl/N-ethyl adjacent to an activating group) is 1. The predicted octanol–water partition coefficient (Wildman–Crippen LogP) is 2.43. The smallest absolute Gasteiger partial charge is 0.255 e. The molecule has 1 saturated carbocycles. The van der Waals surface area contributed by atoms with Crippen molar-refractivity contribution in [3.8, 4) is 0 Å². The SMILES string of the molecule is C=CCN(C)C[C@]1(O)CCCN(CCC2CCCCC2)C1=O. The Morgan fingerprint density at radius 2 is 2.09 bits per heavy atom. The standard InChI is InChI=1S/C18H32N2O2/c1-3-12-19(2)15-18(22)11-7-13-20(17(18)21)14-10-16-8-5-4-6-9-16/h3,16,22H,1,4-15H2,2H3/t18-/m1/s1. The highest BCUT2D eigenvalue weighted by Crippen LogP contribution is 2.28. The van der Waals surface area contributed by atoms with Gasteiger partial charge in [-0.15, -0.1) is 6.58 Å². The van der Waals surface area contributed by atoms with E-state index in [0.717, 1.165) is 31.8 Å². The molecular formula is C18H32N2O2. The summed E-state index contributed by atoms with van der Waals surface area (Å²) in [6, 6.07) is 0. The lowest BCUT2D eigenvalue weighted by Gasteiger charge is -2.40. The molecular weight excluding hydrogens is 276 g/mol. The van der Waals surface area contributed by atoms with Crippen molar-refractivity contribution in [3.05, 3.63) is 12.7 Å². The zero-order chi connectivity index (χ0) is 16.0. The second-order valence-electron chi connectivity index (χ2n) is 7.21. The molecule has 2 aliphatic rings. The molecule has 126 valence electrons. The zero-order valence-electron chi connectivity index (χ0n) is 14.1. The second-order valence-corrected chi connectivity index (χ2v) is 7.21. The van der Waals surface area contributed by atoms with Crippen LogP contribution in [0, 0.1) is 5.92 Å². The zero-order valence-corrected chi connectivity index (χ0v) is 14.1. The second kappa shape index (κ2) is 8.11. The lowest BCUT2D eigenvalue weighted by atomic mass is 9.86. The molecule has 1 N–H and O–H groups in total. The minimum atomic E-state index is -1.21. The van der Waals surface area contributed by atoms with Crippen LogP contribution in [-0.4, -0.2) is 59.6 Å². The lowest BCUT2D eigenvalue weighted by molar-refractivity contribution is -0.159. The molecule has 0 radical (unpaired) electrons. The number of amides is 1. The van der Waals surface area contributed by atoms with Gasteiger partial charge in [-0.3, -0.25) is 9.69 Å². The van der Waals surface area contributed by atoms with Crippen molar-refractivity contribution >= 4 is 5.91 Å². The van der Waals surface area contributed by atoms with Crippen LogP contribution in [0.4, 0.5) is 0 Å². The Kier molecular flexibility index (Phi) is 6.45. The van der Waals surface area contributed by atoms with Gasteiger partial charge in [0.2, 0.25) is 0 Å². The van der Waals surface area contributed by atoms with Gasteiger partial charge in [-0.25, -0.2) is 0 Å². The molecule has 0 spiro atoms. The van der Waals surface area contributed by atoms with Gasteiger partial charge in [0.05, 0.1) is 0 Å². The lowest BCUT2D eigenvalue weighted by Crippen LogP contribution is -2.58. The highest BCUT2D eigenvalue weighted by Gasteiger charge is 2.42. The molecule has 1 saturated heterocycles. The van der Waals surface area contributed by atoms with E-state index in [4.69, 9.17) is 0 Å². The van der Waals surface area contributed by atoms with Gasteiger partial charge in [-0.05, 0) is 32.2 Å². The maximum Gasteiger partial charge on any atom is 0.255 e. The van der Waals surface area contributed by atoms with Crippen molar-refractivity contribution in [2.75, 3.05) is 33.2 Å². The number of aliphatic hydroxyl groups is 1. The Morgan fingerprint density at radius 1 is 1.36 bits per heavy atom. The highest BCUT2D eigenvalue weighted by atomic mass is 16.3. The van der Waals surface area contributed by atoms with Crippen LogP contribution >= 0.6 is 0 Å². The molecule has 1 heterocycles. The molecule has 2 fully saturated rings. The first-order valence-electron chi connectivity index (χ1n) is 8.86. The van der Waals surface area contributed by atoms with E-state index in [9.17, 15) is 9.90 Å². The van der Waals surface area contributed by atoms with Crippen molar-refractivity contribution in [2.45, 2.75) is 57.0 Å². The summed E-state index contributed by atoms with van der Waals surface area (Å²) < 4.78 is 0. The van der Waals surface area contributed by atoms with Crippen molar-refractivity contribution in [1.29, 1.82) is 0 Å². The van der Waals surface area contributed by atoms with Crippen LogP contribution < -0.4 is 0 Å². The number of carbonyl (C=O) groups excluding carboxylic acids is 1. The van der Waals surface area contributed by atoms with Crippen LogP contribution in [0.2, 0.25) is 0 Å². The number of carbonyl (C=O) groups is 1. The van der Waals surface area contributed by atoms with Gasteiger partial charge in [0, 0.05) is 26.2 Å². The minimum absolute atomic E-state index is 0.0644. The largest absolute Gasteiger partial charge is 0.379 e. The van der Waals surface area contributed by atoms with Gasteiger partial charge >= 0.3 is 0 Å². The van der Waals surface area contributed by atoms with Crippen molar-refractivity contribution < 1.29 is 9.90 Å². The van der Waals surface area contributed by atoms with Crippen molar-refractivity contribution in [1.82, 2.24) is 9.80 Å². The maximum absolute atomic E-state index is 12.7. The first-order valence-corrected chi connectivity index (χ1v) is 8.86. The predicted molar refractivity (Wildman–Crippen MR) is 89.6 cm³/mol. The van der Waals surface area contributed by atoms with Gasteiger partial charge in [0.1, 0.15) is 0 Å². The van der Waals surface area contributed by atoms with Gasteiger partial charge in [-0.2, -0.15) is 0 Å². The van der Waals surface area contributed by atoms with Crippen LogP contribution in [0.5, 0.6) is 0 Å². The van der Waals surface area contributed by atoms with E-state index in [-0.39, 0.29) is 5.91 Å². The summed E-state index contributed by atoms with van der Waals surface area (Å²) in [5, 5.41) is 10.8. The molecule has 0 aromatic carbocycles. The Hall–Kier alpha value is -0.870. The van der Waals surface area contributed by atoms with E-state index in [1.54, 1.807) is 6.08 Å². The molecule has 0 unspecified atom stereocenters. The van der Waals surface area contributed by atoms with Gasteiger partial charge in [0.15, 0.2) is 5.60 Å². The first-order chi connectivity index (χ1) is 10.5. The molecule has 1 aliphatic carbocycles. The fourth-order valence-electron chi connectivity index (χ4n) is 3.97. The van der Waals surface area contributed by atoms with E-state index >= 15 is 0 Å². The third-order valence-corrected chi connectivity index (χ3v) is 5.21. The number of rotatable bonds is 7. The fourth-order valence-corrected chi connectivity index (χ4v) is 3.97. The quantitative estimate of drug-likeness (QED) is 0.735. The average molecular weight is 308 g/mol. The van der Waals surface area contributed by atoms with Crippen LogP contribution in [-0.2, 0) is 4.79 Å². The van der Waals surface area contributed by atoms with Crippen molar-refractivity contribution in [3.63, 3.8) is 0 Å². The third kappa shape index (κ3) is 4.56. The van der Waals surface area contributed by atoms with Gasteiger partial charge in [-0.1, -0.05) is 38.2 Å². The average Bonchev–Trinajstić information content (AvgIpc) is 2.50. The Bertz CT molecular complexity index is 379. The van der Waals surface area contributed by atoms with E-state index in [0.29, 0.717) is 19.5 Å². The summed E-state index contributed by atoms with van der Waals surface area (Å²) in [6.07, 6.45) is 11.1. The molecule has 0 aromatic heterocycles. The molecule has 2 rings (SSSR count). The monoisotopic (exact) mass is 308 g/mol. The minimum Gasteiger partial charge on any atom is -0.379 e. The molecule has 1 aliphatic heterocycles. The normalized spacial score (nSPS) is 27.4. The molecule has 0 bridgehead atoms. The van der Waals surface area contributed by atoms with Crippen LogP contribution in [0.15, 0.2) is 12.7 Å². The summed E-state index contributed by atoms with van der Waals surface area (Å²) in [6.45, 7) is 6.43. The molecule has 0 aromatic rings. The fraction of sp³-hybridized carbons (Fsp3) is 0.833. The number of piperidine rings is 1. The number of nitrogens with zero attached hydrogens (tertiary/aromatic N) is 2. The van der Waals surface area contributed by atoms with Gasteiger partial charge in [0.25, 0.3) is 5.91 Å². The Balaban J connectivity index is 1.86. The summed E-state index contributed by atoms with van der Waals surface area (Å²) in [7, 11) is 1.92. The van der Waals surface area contributed by atoms with Crippen molar-refractivity contribution in [2.24, 2.45) is 5.92 Å². The van der Waals surface area contributed by atoms with Gasteiger partial charge < -0.3 is 10.0 Å². The number of hydrogen-bond donors (Lipinski definition) is 1. The summed E-state index contributed by atoms with van der Waals surface area (Å²) in [5.41, 5.74) is -1.21. The van der Waals surface area contributed by atoms with E-state index in [1.807, 2.05) is 16.8 Å². The third-order valence-electron chi connectivity index (χ3n) is 5.21. The summed E-state index contributed by atoms with van der Waals surface area (Å²) in [5.74, 6) is 0.713. The molecule has 4 nitrogen and oxygen atoms in total.